The first-order chi connectivity index (χ1) is 15.4. The third kappa shape index (κ3) is 5.64. The van der Waals surface area contributed by atoms with Gasteiger partial charge in [0.15, 0.2) is 6.61 Å². The van der Waals surface area contributed by atoms with E-state index < -0.39 is 24.5 Å². The van der Waals surface area contributed by atoms with Crippen molar-refractivity contribution in [1.29, 1.82) is 0 Å². The minimum atomic E-state index is -1.09. The first-order valence-electron chi connectivity index (χ1n) is 9.52. The fourth-order valence-electron chi connectivity index (χ4n) is 2.69. The summed E-state index contributed by atoms with van der Waals surface area (Å²) in [5, 5.41) is 19.4. The molecule has 0 spiro atoms. The quantitative estimate of drug-likeness (QED) is 0.606. The van der Waals surface area contributed by atoms with Gasteiger partial charge in [-0.15, -0.1) is 0 Å². The summed E-state index contributed by atoms with van der Waals surface area (Å²) in [4.78, 5) is 39.9. The molecule has 8 nitrogen and oxygen atoms in total. The number of ether oxygens (including phenoxy) is 2. The second kappa shape index (κ2) is 10.5. The van der Waals surface area contributed by atoms with Crippen LogP contribution in [0.4, 0.5) is 0 Å². The van der Waals surface area contributed by atoms with E-state index in [1.54, 1.807) is 67.6 Å². The molecule has 0 bridgehead atoms. The summed E-state index contributed by atoms with van der Waals surface area (Å²) in [7, 11) is 0. The zero-order valence-corrected chi connectivity index (χ0v) is 17.8. The second-order valence-corrected chi connectivity index (χ2v) is 7.42. The van der Waals surface area contributed by atoms with Crippen molar-refractivity contribution in [3.8, 4) is 5.75 Å². The summed E-state index contributed by atoms with van der Waals surface area (Å²) in [5.74, 6) is -2.38. The van der Waals surface area contributed by atoms with Crippen LogP contribution in [0.3, 0.4) is 0 Å². The Morgan fingerprint density at radius 1 is 1.06 bits per heavy atom. The average Bonchev–Trinajstić information content (AvgIpc) is 3.08. The van der Waals surface area contributed by atoms with Crippen molar-refractivity contribution in [3.63, 3.8) is 0 Å². The normalized spacial score (nSPS) is 15.8. The topological polar surface area (TPSA) is 122 Å². The first-order valence-corrected chi connectivity index (χ1v) is 10.3. The number of rotatable bonds is 7. The Morgan fingerprint density at radius 3 is 2.38 bits per heavy atom. The van der Waals surface area contributed by atoms with Gasteiger partial charge >= 0.3 is 11.9 Å². The zero-order chi connectivity index (χ0) is 23.1. The Bertz CT molecular complexity index is 1120. The van der Waals surface area contributed by atoms with Gasteiger partial charge < -0.3 is 19.7 Å². The summed E-state index contributed by atoms with van der Waals surface area (Å²) < 4.78 is 10.1. The highest BCUT2D eigenvalue weighted by Crippen LogP contribution is 2.39. The summed E-state index contributed by atoms with van der Waals surface area (Å²) >= 11 is 0.974. The molecule has 1 aliphatic rings. The van der Waals surface area contributed by atoms with Gasteiger partial charge in [-0.1, -0.05) is 42.1 Å². The average molecular weight is 453 g/mol. The Hall–Kier alpha value is -3.85. The predicted octanol–water partition coefficient (Wildman–Crippen LogP) is 3.85. The summed E-state index contributed by atoms with van der Waals surface area (Å²) in [6, 6.07) is 14.8. The van der Waals surface area contributed by atoms with Crippen LogP contribution in [-0.4, -0.2) is 46.3 Å². The molecule has 0 fully saturated rings. The molecule has 0 saturated heterocycles. The van der Waals surface area contributed by atoms with Crippen molar-refractivity contribution in [1.82, 2.24) is 0 Å². The van der Waals surface area contributed by atoms with E-state index in [0.29, 0.717) is 21.8 Å². The number of hydrogen-bond acceptors (Lipinski definition) is 7. The van der Waals surface area contributed by atoms with Crippen LogP contribution in [0.15, 0.2) is 75.8 Å². The van der Waals surface area contributed by atoms with Crippen LogP contribution in [0.2, 0.25) is 0 Å². The number of carboxylic acid groups (broad SMARTS) is 1. The molecule has 0 aromatic heterocycles. The van der Waals surface area contributed by atoms with Gasteiger partial charge in [0.1, 0.15) is 22.1 Å². The van der Waals surface area contributed by atoms with Crippen LogP contribution in [0.25, 0.3) is 6.08 Å². The highest BCUT2D eigenvalue weighted by molar-refractivity contribution is 8.18. The summed E-state index contributed by atoms with van der Waals surface area (Å²) in [5.41, 5.74) is 0.826. The highest BCUT2D eigenvalue weighted by Gasteiger charge is 2.33. The number of amides is 1. The number of carbonyl (C=O) groups is 3. The molecule has 0 saturated carbocycles. The van der Waals surface area contributed by atoms with Crippen LogP contribution in [0.1, 0.15) is 22.8 Å². The predicted molar refractivity (Wildman–Crippen MR) is 120 cm³/mol. The van der Waals surface area contributed by atoms with Crippen LogP contribution in [0, 0.1) is 0 Å². The third-order valence-corrected chi connectivity index (χ3v) is 5.15. The highest BCUT2D eigenvalue weighted by atomic mass is 32.2. The summed E-state index contributed by atoms with van der Waals surface area (Å²) in [6.45, 7) is 1.27. The number of carbonyl (C=O) groups excluding carboxylic acids is 2. The van der Waals surface area contributed by atoms with E-state index >= 15 is 0 Å². The largest absolute Gasteiger partial charge is 0.506 e. The Balaban J connectivity index is 1.90. The second-order valence-electron chi connectivity index (χ2n) is 6.39. The van der Waals surface area contributed by atoms with Gasteiger partial charge in [0.25, 0.3) is 5.91 Å². The lowest BCUT2D eigenvalue weighted by Crippen LogP contribution is -2.14. The van der Waals surface area contributed by atoms with Gasteiger partial charge in [-0.3, -0.25) is 4.79 Å². The molecule has 2 N–H and O–H groups in total. The van der Waals surface area contributed by atoms with E-state index in [1.807, 2.05) is 0 Å². The van der Waals surface area contributed by atoms with Crippen molar-refractivity contribution in [2.75, 3.05) is 13.2 Å². The number of carboxylic acids is 1. The molecule has 0 radical (unpaired) electrons. The number of aliphatic carboxylic acids is 1. The molecule has 164 valence electrons. The number of nitrogens with zero attached hydrogens (tertiary/aromatic N) is 1. The number of aliphatic hydroxyl groups is 1. The minimum Gasteiger partial charge on any atom is -0.506 e. The molecule has 1 amide bonds. The standard InChI is InChI=1S/C23H19NO7S/c1-2-30-23(29)19-20(27)17(12-14-8-10-16(11-9-14)31-13-18(25)26)32-22(19)24-21(28)15-6-4-3-5-7-15/h3-12,27H,2,13H2,1H3,(H,25,26)/b17-12-,24-22?. The molecule has 0 unspecified atom stereocenters. The van der Waals surface area contributed by atoms with Gasteiger partial charge in [-0.2, -0.15) is 0 Å². The van der Waals surface area contributed by atoms with Crippen LogP contribution < -0.4 is 4.74 Å². The molecule has 2 aromatic carbocycles. The number of aliphatic hydroxyl groups excluding tert-OH is 1. The van der Waals surface area contributed by atoms with E-state index in [4.69, 9.17) is 14.6 Å². The molecule has 2 aromatic rings. The molecule has 9 heteroatoms. The van der Waals surface area contributed by atoms with E-state index in [-0.39, 0.29) is 23.0 Å². The maximum Gasteiger partial charge on any atom is 0.344 e. The smallest absolute Gasteiger partial charge is 0.344 e. The van der Waals surface area contributed by atoms with Crippen molar-refractivity contribution in [2.24, 2.45) is 4.99 Å². The van der Waals surface area contributed by atoms with E-state index in [2.05, 4.69) is 4.99 Å². The molecule has 1 heterocycles. The van der Waals surface area contributed by atoms with Crippen LogP contribution in [0.5, 0.6) is 5.75 Å². The lowest BCUT2D eigenvalue weighted by molar-refractivity contribution is -0.139. The zero-order valence-electron chi connectivity index (χ0n) is 17.0. The van der Waals surface area contributed by atoms with Gasteiger partial charge in [0.2, 0.25) is 0 Å². The van der Waals surface area contributed by atoms with E-state index in [1.165, 1.54) is 0 Å². The molecular weight excluding hydrogens is 434 g/mol. The van der Waals surface area contributed by atoms with Crippen LogP contribution >= 0.6 is 11.8 Å². The van der Waals surface area contributed by atoms with Gasteiger partial charge in [-0.25, -0.2) is 14.6 Å². The van der Waals surface area contributed by atoms with E-state index in [9.17, 15) is 19.5 Å². The van der Waals surface area contributed by atoms with Crippen LogP contribution in [-0.2, 0) is 14.3 Å². The lowest BCUT2D eigenvalue weighted by atomic mass is 10.1. The first kappa shape index (κ1) is 22.8. The maximum absolute atomic E-state index is 12.5. The number of aliphatic imine (C=N–C) groups is 1. The molecule has 32 heavy (non-hydrogen) atoms. The monoisotopic (exact) mass is 453 g/mol. The number of hydrogen-bond donors (Lipinski definition) is 2. The SMILES string of the molecule is CCOC(=O)C1=C(O)/C(=C/c2ccc(OCC(=O)O)cc2)SC1=NC(=O)c1ccccc1. The number of esters is 1. The summed E-state index contributed by atoms with van der Waals surface area (Å²) in [6.07, 6.45) is 1.61. The van der Waals surface area contributed by atoms with Gasteiger partial charge in [-0.05, 0) is 42.8 Å². The molecular formula is C23H19NO7S. The fourth-order valence-corrected chi connectivity index (χ4v) is 3.70. The maximum atomic E-state index is 12.5. The van der Waals surface area contributed by atoms with Gasteiger partial charge in [0, 0.05) is 5.56 Å². The minimum absolute atomic E-state index is 0.0439. The molecule has 0 aliphatic carbocycles. The Labute approximate surface area is 187 Å². The van der Waals surface area contributed by atoms with Crippen molar-refractivity contribution >= 4 is 40.7 Å². The lowest BCUT2D eigenvalue weighted by Gasteiger charge is -2.03. The van der Waals surface area contributed by atoms with Gasteiger partial charge in [0.05, 0.1) is 11.5 Å². The Kier molecular flexibility index (Phi) is 7.45. The fraction of sp³-hybridized carbons (Fsp3) is 0.130. The van der Waals surface area contributed by atoms with Crippen molar-refractivity contribution in [3.05, 3.63) is 82.0 Å². The number of thioether (sulfide) groups is 1. The van der Waals surface area contributed by atoms with Crippen molar-refractivity contribution < 1.29 is 34.1 Å². The number of benzene rings is 2. The van der Waals surface area contributed by atoms with E-state index in [0.717, 1.165) is 11.8 Å². The third-order valence-electron chi connectivity index (χ3n) is 4.13. The Morgan fingerprint density at radius 2 is 1.75 bits per heavy atom. The molecule has 3 rings (SSSR count). The van der Waals surface area contributed by atoms with Crippen molar-refractivity contribution in [2.45, 2.75) is 6.92 Å². The molecule has 0 atom stereocenters. The molecule has 1 aliphatic heterocycles.